The van der Waals surface area contributed by atoms with E-state index >= 15 is 0 Å². The van der Waals surface area contributed by atoms with E-state index in [1.807, 2.05) is 0 Å². The van der Waals surface area contributed by atoms with Gasteiger partial charge in [0.05, 0.1) is 0 Å². The predicted octanol–water partition coefficient (Wildman–Crippen LogP) is -0.256. The first-order valence-corrected chi connectivity index (χ1v) is 4.57. The molecule has 0 bridgehead atoms. The van der Waals surface area contributed by atoms with Crippen LogP contribution in [0.1, 0.15) is 13.8 Å². The van der Waals surface area contributed by atoms with Gasteiger partial charge in [-0.1, -0.05) is 13.8 Å². The van der Waals surface area contributed by atoms with Crippen molar-refractivity contribution in [3.63, 3.8) is 0 Å². The second-order valence-electron chi connectivity index (χ2n) is 1.73. The Kier molecular flexibility index (Phi) is 8.36. The topological polar surface area (TPSA) is 63.7 Å². The SMILES string of the molecule is CCN(CC)S(=O)(=O)OC=O.[Cd]. The summed E-state index contributed by atoms with van der Waals surface area (Å²) in [5.74, 6) is 0. The molecular formula is C5H11CdNO4S. The van der Waals surface area contributed by atoms with E-state index in [-0.39, 0.29) is 33.8 Å². The molecule has 0 N–H and O–H groups in total. The molecule has 0 radical (unpaired) electrons. The number of rotatable bonds is 5. The van der Waals surface area contributed by atoms with E-state index in [0.717, 1.165) is 4.31 Å². The van der Waals surface area contributed by atoms with Crippen molar-refractivity contribution in [1.82, 2.24) is 4.31 Å². The molecule has 12 heavy (non-hydrogen) atoms. The standard InChI is InChI=1S/C5H11NO4S.Cd/c1-3-6(4-2)11(8,9)10-5-7;/h5H,3-4H2,1-2H3;. The molecule has 0 fully saturated rings. The summed E-state index contributed by atoms with van der Waals surface area (Å²) in [4.78, 5) is 9.73. The molecular weight excluding hydrogens is 283 g/mol. The van der Waals surface area contributed by atoms with E-state index in [9.17, 15) is 13.2 Å². The fourth-order valence-corrected chi connectivity index (χ4v) is 1.50. The van der Waals surface area contributed by atoms with E-state index in [2.05, 4.69) is 4.18 Å². The van der Waals surface area contributed by atoms with Crippen LogP contribution in [0.4, 0.5) is 0 Å². The first-order valence-electron chi connectivity index (χ1n) is 3.20. The van der Waals surface area contributed by atoms with Crippen molar-refractivity contribution in [2.45, 2.75) is 13.8 Å². The van der Waals surface area contributed by atoms with Crippen LogP contribution in [0.2, 0.25) is 0 Å². The van der Waals surface area contributed by atoms with Crippen LogP contribution in [0.3, 0.4) is 0 Å². The van der Waals surface area contributed by atoms with Crippen molar-refractivity contribution in [2.75, 3.05) is 13.1 Å². The molecule has 0 aromatic carbocycles. The number of carbonyl (C=O) groups excluding carboxylic acids is 1. The van der Waals surface area contributed by atoms with Gasteiger partial charge in [0, 0.05) is 40.4 Å². The molecule has 7 heteroatoms. The normalized spacial score (nSPS) is 10.6. The van der Waals surface area contributed by atoms with E-state index in [4.69, 9.17) is 0 Å². The quantitative estimate of drug-likeness (QED) is 0.518. The summed E-state index contributed by atoms with van der Waals surface area (Å²) in [5.41, 5.74) is 0. The van der Waals surface area contributed by atoms with Crippen LogP contribution in [-0.2, 0) is 46.6 Å². The summed E-state index contributed by atoms with van der Waals surface area (Å²) in [6, 6.07) is 0. The van der Waals surface area contributed by atoms with Crippen molar-refractivity contribution in [1.29, 1.82) is 0 Å². The Morgan fingerprint density at radius 2 is 1.75 bits per heavy atom. The van der Waals surface area contributed by atoms with Crippen molar-refractivity contribution >= 4 is 16.8 Å². The Balaban J connectivity index is 0. The molecule has 0 saturated heterocycles. The van der Waals surface area contributed by atoms with E-state index in [0.29, 0.717) is 13.1 Å². The van der Waals surface area contributed by atoms with Gasteiger partial charge in [0.1, 0.15) is 0 Å². The molecule has 0 aromatic heterocycles. The van der Waals surface area contributed by atoms with Gasteiger partial charge >= 0.3 is 16.8 Å². The van der Waals surface area contributed by atoms with Gasteiger partial charge in [-0.05, 0) is 0 Å². The van der Waals surface area contributed by atoms with Crippen LogP contribution >= 0.6 is 0 Å². The predicted molar refractivity (Wildman–Crippen MR) is 39.0 cm³/mol. The van der Waals surface area contributed by atoms with Gasteiger partial charge in [-0.15, -0.1) is 0 Å². The molecule has 0 unspecified atom stereocenters. The van der Waals surface area contributed by atoms with Crippen LogP contribution in [0.15, 0.2) is 0 Å². The maximum Gasteiger partial charge on any atom is 0.387 e. The summed E-state index contributed by atoms with van der Waals surface area (Å²) >= 11 is 0. The Labute approximate surface area is 92.5 Å². The fraction of sp³-hybridized carbons (Fsp3) is 0.800. The Morgan fingerprint density at radius 1 is 1.33 bits per heavy atom. The second-order valence-corrected chi connectivity index (χ2v) is 3.30. The third kappa shape index (κ3) is 4.36. The Bertz CT molecular complexity index is 211. The molecule has 5 nitrogen and oxygen atoms in total. The molecule has 0 saturated carbocycles. The molecule has 0 rings (SSSR count). The summed E-state index contributed by atoms with van der Waals surface area (Å²) in [6.45, 7) is 3.83. The minimum absolute atomic E-state index is 0. The van der Waals surface area contributed by atoms with Gasteiger partial charge in [0.15, 0.2) is 0 Å². The van der Waals surface area contributed by atoms with Gasteiger partial charge in [0.25, 0.3) is 0 Å². The third-order valence-electron chi connectivity index (χ3n) is 1.18. The largest absolute Gasteiger partial charge is 0.387 e. The van der Waals surface area contributed by atoms with Crippen molar-refractivity contribution in [2.24, 2.45) is 0 Å². The Hall–Kier alpha value is 0.302. The average molecular weight is 294 g/mol. The van der Waals surface area contributed by atoms with Gasteiger partial charge in [0.2, 0.25) is 0 Å². The smallest absolute Gasteiger partial charge is 0.337 e. The first kappa shape index (κ1) is 14.8. The third-order valence-corrected chi connectivity index (χ3v) is 2.65. The molecule has 0 amide bonds. The Morgan fingerprint density at radius 3 is 2.00 bits per heavy atom. The zero-order chi connectivity index (χ0) is 8.91. The molecule has 0 aliphatic carbocycles. The average Bonchev–Trinajstić information content (AvgIpc) is 1.89. The van der Waals surface area contributed by atoms with Gasteiger partial charge in [-0.3, -0.25) is 4.79 Å². The van der Waals surface area contributed by atoms with E-state index in [1.165, 1.54) is 0 Å². The summed E-state index contributed by atoms with van der Waals surface area (Å²) in [6.07, 6.45) is 0. The fourth-order valence-electron chi connectivity index (χ4n) is 0.650. The van der Waals surface area contributed by atoms with E-state index < -0.39 is 10.3 Å². The number of carbonyl (C=O) groups is 1. The maximum atomic E-state index is 10.9. The summed E-state index contributed by atoms with van der Waals surface area (Å²) < 4.78 is 26.7. The molecule has 0 heterocycles. The van der Waals surface area contributed by atoms with Crippen molar-refractivity contribution < 1.29 is 44.7 Å². The van der Waals surface area contributed by atoms with Gasteiger partial charge in [-0.25, -0.2) is 0 Å². The van der Waals surface area contributed by atoms with Crippen molar-refractivity contribution in [3.8, 4) is 0 Å². The zero-order valence-electron chi connectivity index (χ0n) is 7.19. The number of hydrogen-bond acceptors (Lipinski definition) is 4. The van der Waals surface area contributed by atoms with Gasteiger partial charge in [-0.2, -0.15) is 12.7 Å². The first-order chi connectivity index (χ1) is 5.08. The second kappa shape index (κ2) is 6.78. The van der Waals surface area contributed by atoms with Gasteiger partial charge < -0.3 is 4.18 Å². The molecule has 0 aromatic rings. The molecule has 0 spiro atoms. The van der Waals surface area contributed by atoms with Crippen LogP contribution in [0.5, 0.6) is 0 Å². The molecule has 0 aliphatic rings. The van der Waals surface area contributed by atoms with Crippen molar-refractivity contribution in [3.05, 3.63) is 0 Å². The monoisotopic (exact) mass is 295 g/mol. The number of nitrogens with zero attached hydrogens (tertiary/aromatic N) is 1. The molecule has 68 valence electrons. The minimum atomic E-state index is -3.81. The van der Waals surface area contributed by atoms with Crippen LogP contribution in [-0.4, -0.2) is 32.3 Å². The van der Waals surface area contributed by atoms with Crippen LogP contribution in [0, 0.1) is 0 Å². The van der Waals surface area contributed by atoms with Crippen LogP contribution in [0.25, 0.3) is 0 Å². The maximum absolute atomic E-state index is 10.9. The van der Waals surface area contributed by atoms with Crippen LogP contribution < -0.4 is 0 Å². The minimum Gasteiger partial charge on any atom is -0.337 e. The summed E-state index contributed by atoms with van der Waals surface area (Å²) in [5, 5.41) is 0. The van der Waals surface area contributed by atoms with E-state index in [1.54, 1.807) is 13.8 Å². The summed E-state index contributed by atoms with van der Waals surface area (Å²) in [7, 11) is -3.81. The molecule has 0 aliphatic heterocycles. The number of hydrogen-bond donors (Lipinski definition) is 0. The zero-order valence-corrected chi connectivity index (χ0v) is 12.0. The molecule has 0 atom stereocenters.